The van der Waals surface area contributed by atoms with E-state index in [1.165, 1.54) is 31.2 Å². The number of fused-ring (bicyclic) bond motifs is 2. The van der Waals surface area contributed by atoms with Gasteiger partial charge in [0.1, 0.15) is 18.7 Å². The Bertz CT molecular complexity index is 1870. The second-order valence-corrected chi connectivity index (χ2v) is 16.3. The summed E-state index contributed by atoms with van der Waals surface area (Å²) in [4.78, 5) is 81.6. The predicted octanol–water partition coefficient (Wildman–Crippen LogP) is 6.85. The molecule has 4 N–H and O–H groups in total. The van der Waals surface area contributed by atoms with Crippen molar-refractivity contribution in [2.75, 3.05) is 72.9 Å². The third kappa shape index (κ3) is 25.7. The van der Waals surface area contributed by atoms with E-state index in [9.17, 15) is 33.9 Å². The van der Waals surface area contributed by atoms with Crippen molar-refractivity contribution < 1.29 is 52.8 Å². The maximum atomic E-state index is 13.4. The molecule has 4 amide bonds. The SMILES string of the molecule is C=C(/C=C1/c2nc3ccccc3c(CC)c2CN1C)C(C)OC(=O)CNC(=O)CN(CCC)C(=O)C(CC(=O)O)NC(=O)CCOCCOCCOCCNC=O.CC.CCC.CCCC(C)CC. The van der Waals surface area contributed by atoms with Crippen LogP contribution in [0, 0.1) is 5.92 Å². The molecule has 2 aromatic rings. The monoisotopic (exact) mass is 971 g/mol. The molecule has 0 spiro atoms. The number of rotatable bonds is 30. The van der Waals surface area contributed by atoms with Crippen molar-refractivity contribution in [2.45, 2.75) is 139 Å². The number of carbonyl (C=O) groups is 6. The summed E-state index contributed by atoms with van der Waals surface area (Å²) in [5, 5.41) is 17.9. The summed E-state index contributed by atoms with van der Waals surface area (Å²) < 4.78 is 21.5. The Labute approximate surface area is 412 Å². The molecule has 1 aromatic heterocycles. The molecule has 3 rings (SSSR count). The van der Waals surface area contributed by atoms with Crippen LogP contribution in [-0.2, 0) is 60.7 Å². The van der Waals surface area contributed by atoms with E-state index < -0.39 is 61.3 Å². The molecule has 0 radical (unpaired) electrons. The molecular weight excluding hydrogens is 885 g/mol. The van der Waals surface area contributed by atoms with Gasteiger partial charge in [-0.2, -0.15) is 0 Å². The highest BCUT2D eigenvalue weighted by Crippen LogP contribution is 2.37. The van der Waals surface area contributed by atoms with E-state index in [0.717, 1.165) is 45.1 Å². The number of hydrogen-bond acceptors (Lipinski definition) is 12. The van der Waals surface area contributed by atoms with E-state index in [-0.39, 0.29) is 32.8 Å². The number of carboxylic acid groups (broad SMARTS) is 1. The maximum Gasteiger partial charge on any atom is 0.326 e. The number of nitrogens with one attached hydrogen (secondary N) is 3. The molecule has 2 heterocycles. The second-order valence-electron chi connectivity index (χ2n) is 16.3. The van der Waals surface area contributed by atoms with Gasteiger partial charge in [-0.15, -0.1) is 0 Å². The van der Waals surface area contributed by atoms with Gasteiger partial charge in [-0.1, -0.05) is 113 Å². The molecular formula is C52H86N6O11. The van der Waals surface area contributed by atoms with Crippen LogP contribution in [-0.4, -0.2) is 141 Å². The number of carbonyl (C=O) groups excluding carboxylic acids is 5. The maximum absolute atomic E-state index is 13.4. The number of aromatic nitrogens is 1. The van der Waals surface area contributed by atoms with Crippen molar-refractivity contribution in [3.05, 3.63) is 59.3 Å². The van der Waals surface area contributed by atoms with Gasteiger partial charge in [-0.05, 0) is 49.0 Å². The van der Waals surface area contributed by atoms with Crippen molar-refractivity contribution >= 4 is 52.7 Å². The van der Waals surface area contributed by atoms with Crippen LogP contribution < -0.4 is 16.0 Å². The van der Waals surface area contributed by atoms with Crippen molar-refractivity contribution in [3.8, 4) is 0 Å². The lowest BCUT2D eigenvalue weighted by molar-refractivity contribution is -0.147. The minimum atomic E-state index is -1.43. The van der Waals surface area contributed by atoms with Gasteiger partial charge in [0.15, 0.2) is 0 Å². The van der Waals surface area contributed by atoms with Crippen LogP contribution >= 0.6 is 0 Å². The highest BCUT2D eigenvalue weighted by atomic mass is 16.5. The zero-order valence-corrected chi connectivity index (χ0v) is 43.7. The van der Waals surface area contributed by atoms with Crippen LogP contribution in [0.2, 0.25) is 0 Å². The van der Waals surface area contributed by atoms with Crippen LogP contribution in [0.25, 0.3) is 16.6 Å². The Morgan fingerprint density at radius 2 is 1.54 bits per heavy atom. The molecule has 3 unspecified atom stereocenters. The van der Waals surface area contributed by atoms with E-state index in [1.807, 2.05) is 45.2 Å². The lowest BCUT2D eigenvalue weighted by atomic mass is 9.99. The molecule has 0 fully saturated rings. The van der Waals surface area contributed by atoms with Crippen LogP contribution in [0.4, 0.5) is 0 Å². The molecule has 1 aliphatic heterocycles. The predicted molar refractivity (Wildman–Crippen MR) is 272 cm³/mol. The first-order valence-corrected chi connectivity index (χ1v) is 24.8. The van der Waals surface area contributed by atoms with Gasteiger partial charge in [-0.3, -0.25) is 28.8 Å². The fourth-order valence-corrected chi connectivity index (χ4v) is 6.79. The topological polar surface area (TPSA) is 215 Å². The van der Waals surface area contributed by atoms with Gasteiger partial charge in [0.2, 0.25) is 24.1 Å². The van der Waals surface area contributed by atoms with Crippen LogP contribution in [0.1, 0.15) is 131 Å². The first kappa shape index (κ1) is 63.6. The lowest BCUT2D eigenvalue weighted by Crippen LogP contribution is -2.52. The molecule has 0 saturated carbocycles. The normalized spacial score (nSPS) is 13.1. The number of ether oxygens (including phenoxy) is 4. The summed E-state index contributed by atoms with van der Waals surface area (Å²) in [6.07, 6.45) is 7.49. The zero-order chi connectivity index (χ0) is 52.1. The largest absolute Gasteiger partial charge is 0.481 e. The Hall–Kier alpha value is -5.39. The standard InChI is InChI=1S/C40H56N6O11.C7H16.C3H8.C2H6/c1-6-14-46(40(53)33(22-37(50)51)43-35(48)12-15-54-17-19-56-20-18-55-16-13-41-26-47)25-36(49)42-23-38(52)57-28(4)27(3)21-34-39-31(24-45(34)5)29(7-2)30-10-8-9-11-32(30)44-39;1-4-6-7(3)5-2;1-3-2;1-2/h8-11,21,26,28,33H,3,6-7,12-20,22-25H2,1-2,4-5H3,(H,41,47)(H,42,49)(H,43,48)(H,50,51);7H,4-6H2,1-3H3;3H2,1-2H3;1-2H3/b34-21-;;;. The first-order chi connectivity index (χ1) is 33.1. The number of aryl methyl sites for hydroxylation is 1. The minimum absolute atomic E-state index is 0.00291. The Morgan fingerprint density at radius 1 is 0.913 bits per heavy atom. The number of hydrogen-bond donors (Lipinski definition) is 4. The summed E-state index contributed by atoms with van der Waals surface area (Å²) in [6, 6.07) is 6.60. The van der Waals surface area contributed by atoms with E-state index in [1.54, 1.807) is 13.8 Å². The Morgan fingerprint density at radius 3 is 2.10 bits per heavy atom. The zero-order valence-electron chi connectivity index (χ0n) is 43.7. The molecule has 1 aliphatic rings. The number of amides is 4. The van der Waals surface area contributed by atoms with E-state index in [2.05, 4.69) is 75.0 Å². The molecule has 1 aromatic carbocycles. The van der Waals surface area contributed by atoms with Gasteiger partial charge in [-0.25, -0.2) is 4.98 Å². The summed E-state index contributed by atoms with van der Waals surface area (Å²) in [7, 11) is 1.97. The van der Waals surface area contributed by atoms with Crippen molar-refractivity contribution in [2.24, 2.45) is 5.92 Å². The number of nitrogens with zero attached hydrogens (tertiary/aromatic N) is 3. The lowest BCUT2D eigenvalue weighted by Gasteiger charge is -2.26. The molecule has 0 saturated heterocycles. The number of para-hydroxylation sites is 1. The molecule has 390 valence electrons. The minimum Gasteiger partial charge on any atom is -0.481 e. The van der Waals surface area contributed by atoms with Gasteiger partial charge < -0.3 is 49.8 Å². The molecule has 3 atom stereocenters. The average molecular weight is 971 g/mol. The number of pyridine rings is 1. The van der Waals surface area contributed by atoms with Crippen LogP contribution in [0.3, 0.4) is 0 Å². The van der Waals surface area contributed by atoms with Crippen molar-refractivity contribution in [1.82, 2.24) is 30.7 Å². The van der Waals surface area contributed by atoms with Crippen molar-refractivity contribution in [3.63, 3.8) is 0 Å². The Kier molecular flexibility index (Phi) is 35.5. The van der Waals surface area contributed by atoms with Crippen molar-refractivity contribution in [1.29, 1.82) is 0 Å². The molecule has 17 heteroatoms. The first-order valence-electron chi connectivity index (χ1n) is 24.8. The average Bonchev–Trinajstić information content (AvgIpc) is 3.63. The molecule has 0 bridgehead atoms. The van der Waals surface area contributed by atoms with Gasteiger partial charge in [0.05, 0.1) is 69.5 Å². The highest BCUT2D eigenvalue weighted by molar-refractivity contribution is 5.93. The van der Waals surface area contributed by atoms with E-state index in [4.69, 9.17) is 23.9 Å². The van der Waals surface area contributed by atoms with E-state index in [0.29, 0.717) is 51.3 Å². The number of carboxylic acids is 1. The highest BCUT2D eigenvalue weighted by Gasteiger charge is 2.30. The quantitative estimate of drug-likeness (QED) is 0.0359. The number of benzene rings is 1. The van der Waals surface area contributed by atoms with Gasteiger partial charge in [0, 0.05) is 44.1 Å². The summed E-state index contributed by atoms with van der Waals surface area (Å²) in [6.45, 7) is 26.4. The molecule has 0 aliphatic carbocycles. The third-order valence-electron chi connectivity index (χ3n) is 10.4. The van der Waals surface area contributed by atoms with Gasteiger partial charge >= 0.3 is 11.9 Å². The van der Waals surface area contributed by atoms with Crippen LogP contribution in [0.5, 0.6) is 0 Å². The smallest absolute Gasteiger partial charge is 0.326 e. The summed E-state index contributed by atoms with van der Waals surface area (Å²) in [5.74, 6) is -3.13. The van der Waals surface area contributed by atoms with E-state index >= 15 is 0 Å². The molecule has 17 nitrogen and oxygen atoms in total. The Balaban J connectivity index is 0.00000344. The second kappa shape index (κ2) is 38.5. The summed E-state index contributed by atoms with van der Waals surface area (Å²) >= 11 is 0. The molecule has 69 heavy (non-hydrogen) atoms. The summed E-state index contributed by atoms with van der Waals surface area (Å²) in [5.41, 5.74) is 5.56. The number of esters is 1. The third-order valence-corrected chi connectivity index (χ3v) is 10.4. The van der Waals surface area contributed by atoms with Gasteiger partial charge in [0.25, 0.3) is 0 Å². The fourth-order valence-electron chi connectivity index (χ4n) is 6.79. The fraction of sp³-hybridized carbons (Fsp3) is 0.635. The number of aliphatic carboxylic acids is 1. The van der Waals surface area contributed by atoms with Crippen LogP contribution in [0.15, 0.2) is 42.5 Å².